The van der Waals surface area contributed by atoms with Gasteiger partial charge >= 0.3 is 5.69 Å². The molecule has 0 radical (unpaired) electrons. The molecule has 2 aromatic heterocycles. The van der Waals surface area contributed by atoms with Crippen LogP contribution in [0.3, 0.4) is 0 Å². The first-order valence-corrected chi connectivity index (χ1v) is 3.88. The monoisotopic (exact) mass is 190 g/mol. The molecule has 2 rings (SSSR count). The van der Waals surface area contributed by atoms with Gasteiger partial charge in [0.05, 0.1) is 4.92 Å². The third-order valence-electron chi connectivity index (χ3n) is 1.68. The lowest BCUT2D eigenvalue weighted by Gasteiger charge is -1.99. The lowest BCUT2D eigenvalue weighted by atomic mass is 10.4. The Morgan fingerprint density at radius 3 is 2.86 bits per heavy atom. The van der Waals surface area contributed by atoms with Crippen LogP contribution >= 0.6 is 0 Å². The van der Waals surface area contributed by atoms with Crippen LogP contribution in [0.5, 0.6) is 0 Å². The first-order valence-electron chi connectivity index (χ1n) is 3.88. The molecule has 0 saturated carbocycles. The molecule has 0 atom stereocenters. The van der Waals surface area contributed by atoms with Crippen molar-refractivity contribution in [1.29, 1.82) is 0 Å². The van der Waals surface area contributed by atoms with E-state index >= 15 is 0 Å². The fourth-order valence-electron chi connectivity index (χ4n) is 1.10. The van der Waals surface area contributed by atoms with Crippen LogP contribution < -0.4 is 0 Å². The summed E-state index contributed by atoms with van der Waals surface area (Å²) in [4.78, 5) is 14.1. The predicted octanol–water partition coefficient (Wildman–Crippen LogP) is 1.18. The van der Waals surface area contributed by atoms with Crippen LogP contribution in [0.25, 0.3) is 5.82 Å². The molecule has 0 spiro atoms. The standard InChI is InChI=1S/C8H6N4O2/c13-12(14)7-3-1-4-9-8(7)11-6-2-5-10-11/h1-6H. The lowest BCUT2D eigenvalue weighted by molar-refractivity contribution is -0.384. The third kappa shape index (κ3) is 1.33. The fourth-order valence-corrected chi connectivity index (χ4v) is 1.10. The minimum atomic E-state index is -0.482. The van der Waals surface area contributed by atoms with Gasteiger partial charge < -0.3 is 0 Å². The minimum Gasteiger partial charge on any atom is -0.258 e. The van der Waals surface area contributed by atoms with Crippen molar-refractivity contribution in [3.05, 3.63) is 46.9 Å². The van der Waals surface area contributed by atoms with E-state index in [1.54, 1.807) is 18.5 Å². The number of nitro groups is 1. The van der Waals surface area contributed by atoms with Crippen molar-refractivity contribution in [2.45, 2.75) is 0 Å². The summed E-state index contributed by atoms with van der Waals surface area (Å²) >= 11 is 0. The molecular weight excluding hydrogens is 184 g/mol. The molecule has 0 fully saturated rings. The Labute approximate surface area is 79.0 Å². The second-order valence-electron chi connectivity index (χ2n) is 2.55. The van der Waals surface area contributed by atoms with Crippen LogP contribution in [0, 0.1) is 10.1 Å². The number of hydrogen-bond acceptors (Lipinski definition) is 4. The molecule has 6 heteroatoms. The van der Waals surface area contributed by atoms with Gasteiger partial charge in [0.25, 0.3) is 0 Å². The summed E-state index contributed by atoms with van der Waals surface area (Å²) in [6, 6.07) is 4.59. The van der Waals surface area contributed by atoms with E-state index in [2.05, 4.69) is 10.1 Å². The summed E-state index contributed by atoms with van der Waals surface area (Å²) in [5.74, 6) is 0.225. The summed E-state index contributed by atoms with van der Waals surface area (Å²) in [5, 5.41) is 14.5. The van der Waals surface area contributed by atoms with Crippen LogP contribution in [0.15, 0.2) is 36.8 Å². The average molecular weight is 190 g/mol. The fraction of sp³-hybridized carbons (Fsp3) is 0. The normalized spacial score (nSPS) is 10.0. The topological polar surface area (TPSA) is 73.8 Å². The van der Waals surface area contributed by atoms with E-state index in [1.165, 1.54) is 23.0 Å². The number of rotatable bonds is 2. The third-order valence-corrected chi connectivity index (χ3v) is 1.68. The molecule has 0 aromatic carbocycles. The zero-order chi connectivity index (χ0) is 9.97. The number of hydrogen-bond donors (Lipinski definition) is 0. The highest BCUT2D eigenvalue weighted by Gasteiger charge is 2.15. The number of nitrogens with zero attached hydrogens (tertiary/aromatic N) is 4. The predicted molar refractivity (Wildman–Crippen MR) is 48.0 cm³/mol. The zero-order valence-corrected chi connectivity index (χ0v) is 7.07. The highest BCUT2D eigenvalue weighted by Crippen LogP contribution is 2.17. The first-order chi connectivity index (χ1) is 6.79. The summed E-state index contributed by atoms with van der Waals surface area (Å²) in [6.07, 6.45) is 4.64. The molecule has 0 bridgehead atoms. The van der Waals surface area contributed by atoms with E-state index in [9.17, 15) is 10.1 Å². The van der Waals surface area contributed by atoms with Gasteiger partial charge in [0.1, 0.15) is 0 Å². The largest absolute Gasteiger partial charge is 0.313 e. The summed E-state index contributed by atoms with van der Waals surface area (Å²) in [5.41, 5.74) is -0.0591. The van der Waals surface area contributed by atoms with E-state index < -0.39 is 4.92 Å². The Kier molecular flexibility index (Phi) is 1.94. The molecular formula is C8H6N4O2. The Hall–Kier alpha value is -2.24. The second kappa shape index (κ2) is 3.25. The number of pyridine rings is 1. The highest BCUT2D eigenvalue weighted by molar-refractivity contribution is 5.45. The van der Waals surface area contributed by atoms with Crippen molar-refractivity contribution in [3.63, 3.8) is 0 Å². The Morgan fingerprint density at radius 1 is 1.36 bits per heavy atom. The maximum absolute atomic E-state index is 10.6. The molecule has 0 aliphatic heterocycles. The maximum atomic E-state index is 10.6. The van der Waals surface area contributed by atoms with E-state index in [4.69, 9.17) is 0 Å². The van der Waals surface area contributed by atoms with E-state index in [0.717, 1.165) is 0 Å². The SMILES string of the molecule is O=[N+]([O-])c1cccnc1-n1cccn1. The quantitative estimate of drug-likeness (QED) is 0.526. The molecule has 0 unspecified atom stereocenters. The molecule has 0 aliphatic carbocycles. The minimum absolute atomic E-state index is 0.0591. The van der Waals surface area contributed by atoms with Crippen LogP contribution in [0.1, 0.15) is 0 Å². The lowest BCUT2D eigenvalue weighted by Crippen LogP contribution is -2.02. The maximum Gasteiger partial charge on any atom is 0.313 e. The van der Waals surface area contributed by atoms with Crippen molar-refractivity contribution < 1.29 is 4.92 Å². The van der Waals surface area contributed by atoms with Crippen molar-refractivity contribution in [2.75, 3.05) is 0 Å². The van der Waals surface area contributed by atoms with Crippen molar-refractivity contribution in [3.8, 4) is 5.82 Å². The smallest absolute Gasteiger partial charge is 0.258 e. The van der Waals surface area contributed by atoms with Crippen LogP contribution in [-0.2, 0) is 0 Å². The van der Waals surface area contributed by atoms with E-state index in [0.29, 0.717) is 0 Å². The van der Waals surface area contributed by atoms with Gasteiger partial charge in [-0.1, -0.05) is 0 Å². The van der Waals surface area contributed by atoms with Crippen molar-refractivity contribution >= 4 is 5.69 Å². The summed E-state index contributed by atoms with van der Waals surface area (Å²) in [6.45, 7) is 0. The van der Waals surface area contributed by atoms with E-state index in [-0.39, 0.29) is 11.5 Å². The Balaban J connectivity index is 2.58. The summed E-state index contributed by atoms with van der Waals surface area (Å²) in [7, 11) is 0. The van der Waals surface area contributed by atoms with Crippen LogP contribution in [-0.4, -0.2) is 19.7 Å². The number of aromatic nitrogens is 3. The van der Waals surface area contributed by atoms with Gasteiger partial charge in [-0.3, -0.25) is 10.1 Å². The zero-order valence-electron chi connectivity index (χ0n) is 7.07. The Bertz CT molecular complexity index is 452. The molecule has 0 aliphatic rings. The first kappa shape index (κ1) is 8.36. The van der Waals surface area contributed by atoms with Gasteiger partial charge in [0.2, 0.25) is 5.82 Å². The van der Waals surface area contributed by atoms with Gasteiger partial charge in [-0.05, 0) is 12.1 Å². The van der Waals surface area contributed by atoms with Gasteiger partial charge in [-0.15, -0.1) is 0 Å². The molecule has 14 heavy (non-hydrogen) atoms. The molecule has 70 valence electrons. The molecule has 0 amide bonds. The van der Waals surface area contributed by atoms with Gasteiger partial charge in [0, 0.05) is 24.7 Å². The van der Waals surface area contributed by atoms with Crippen LogP contribution in [0.4, 0.5) is 5.69 Å². The average Bonchev–Trinajstić information content (AvgIpc) is 2.70. The molecule has 6 nitrogen and oxygen atoms in total. The molecule has 2 heterocycles. The van der Waals surface area contributed by atoms with Gasteiger partial charge in [-0.25, -0.2) is 9.67 Å². The van der Waals surface area contributed by atoms with Crippen molar-refractivity contribution in [2.24, 2.45) is 0 Å². The summed E-state index contributed by atoms with van der Waals surface area (Å²) < 4.78 is 1.36. The van der Waals surface area contributed by atoms with Gasteiger partial charge in [0.15, 0.2) is 0 Å². The highest BCUT2D eigenvalue weighted by atomic mass is 16.6. The Morgan fingerprint density at radius 2 is 2.21 bits per heavy atom. The molecule has 0 saturated heterocycles. The van der Waals surface area contributed by atoms with Crippen molar-refractivity contribution in [1.82, 2.24) is 14.8 Å². The van der Waals surface area contributed by atoms with E-state index in [1.807, 2.05) is 0 Å². The second-order valence-corrected chi connectivity index (χ2v) is 2.55. The van der Waals surface area contributed by atoms with Gasteiger partial charge in [-0.2, -0.15) is 5.10 Å². The molecule has 0 N–H and O–H groups in total. The molecule has 2 aromatic rings. The van der Waals surface area contributed by atoms with Crippen LogP contribution in [0.2, 0.25) is 0 Å².